The van der Waals surface area contributed by atoms with Gasteiger partial charge < -0.3 is 15.2 Å². The molecule has 0 saturated carbocycles. The molecule has 6 nitrogen and oxygen atoms in total. The summed E-state index contributed by atoms with van der Waals surface area (Å²) in [5.74, 6) is -0.555. The van der Waals surface area contributed by atoms with Gasteiger partial charge in [0.1, 0.15) is 23.1 Å². The van der Waals surface area contributed by atoms with Crippen LogP contribution in [0.4, 0.5) is 10.1 Å². The van der Waals surface area contributed by atoms with Crippen molar-refractivity contribution in [2.75, 3.05) is 26.1 Å². The Kier molecular flexibility index (Phi) is 7.65. The summed E-state index contributed by atoms with van der Waals surface area (Å²) in [4.78, 5) is -0.221. The fourth-order valence-corrected chi connectivity index (χ4v) is 4.66. The number of nitrogen functional groups attached to an aromatic ring is 1. The van der Waals surface area contributed by atoms with Gasteiger partial charge in [0.15, 0.2) is 0 Å². The highest BCUT2D eigenvalue weighted by molar-refractivity contribution is 7.89. The number of fused-ring (bicyclic) bond motifs is 1. The van der Waals surface area contributed by atoms with Crippen molar-refractivity contribution in [2.24, 2.45) is 0 Å². The van der Waals surface area contributed by atoms with E-state index in [1.807, 2.05) is 12.1 Å². The van der Waals surface area contributed by atoms with Crippen molar-refractivity contribution in [3.63, 3.8) is 0 Å². The lowest BCUT2D eigenvalue weighted by molar-refractivity contribution is 0.144. The van der Waals surface area contributed by atoms with E-state index in [-0.39, 0.29) is 29.7 Å². The van der Waals surface area contributed by atoms with Gasteiger partial charge in [-0.15, -0.1) is 12.4 Å². The first kappa shape index (κ1) is 22.4. The molecule has 2 aromatic carbocycles. The zero-order chi connectivity index (χ0) is 19.4. The molecule has 0 saturated heterocycles. The zero-order valence-electron chi connectivity index (χ0n) is 15.5. The lowest BCUT2D eigenvalue weighted by Crippen LogP contribution is -2.31. The fraction of sp³-hybridized carbons (Fsp3) is 0.368. The molecule has 154 valence electrons. The number of aryl methyl sites for hydroxylation is 1. The van der Waals surface area contributed by atoms with Gasteiger partial charge >= 0.3 is 0 Å². The van der Waals surface area contributed by atoms with Crippen LogP contribution in [-0.4, -0.2) is 28.7 Å². The van der Waals surface area contributed by atoms with Crippen LogP contribution in [0.1, 0.15) is 30.0 Å². The van der Waals surface area contributed by atoms with E-state index in [1.165, 1.54) is 19.2 Å². The van der Waals surface area contributed by atoms with Crippen molar-refractivity contribution in [2.45, 2.75) is 30.2 Å². The number of anilines is 1. The van der Waals surface area contributed by atoms with Crippen molar-refractivity contribution < 1.29 is 22.3 Å². The van der Waals surface area contributed by atoms with E-state index in [9.17, 15) is 12.8 Å². The number of rotatable bonds is 7. The average molecular weight is 431 g/mol. The van der Waals surface area contributed by atoms with Crippen LogP contribution < -0.4 is 15.2 Å². The molecular formula is C19H24ClFN2O4S. The van der Waals surface area contributed by atoms with Gasteiger partial charge in [0.05, 0.1) is 6.61 Å². The van der Waals surface area contributed by atoms with Crippen molar-refractivity contribution in [1.82, 2.24) is 4.72 Å². The van der Waals surface area contributed by atoms with Gasteiger partial charge in [-0.1, -0.05) is 6.07 Å². The molecule has 0 amide bonds. The molecule has 0 bridgehead atoms. The molecule has 2 aromatic rings. The molecule has 3 N–H and O–H groups in total. The zero-order valence-corrected chi connectivity index (χ0v) is 17.1. The lowest BCUT2D eigenvalue weighted by Gasteiger charge is -2.27. The van der Waals surface area contributed by atoms with Crippen LogP contribution in [0, 0.1) is 5.82 Å². The van der Waals surface area contributed by atoms with Gasteiger partial charge in [-0.25, -0.2) is 17.5 Å². The summed E-state index contributed by atoms with van der Waals surface area (Å²) >= 11 is 0. The van der Waals surface area contributed by atoms with Gasteiger partial charge in [0.25, 0.3) is 0 Å². The van der Waals surface area contributed by atoms with E-state index in [4.69, 9.17) is 15.2 Å². The van der Waals surface area contributed by atoms with Crippen LogP contribution in [0.2, 0.25) is 0 Å². The van der Waals surface area contributed by atoms with Gasteiger partial charge in [-0.05, 0) is 60.7 Å². The third-order valence-electron chi connectivity index (χ3n) is 4.52. The number of nitrogens with two attached hydrogens (primary N) is 1. The number of hydrogen-bond acceptors (Lipinski definition) is 5. The van der Waals surface area contributed by atoms with Gasteiger partial charge in [0, 0.05) is 18.8 Å². The molecule has 0 aliphatic heterocycles. The maximum Gasteiger partial charge on any atom is 0.244 e. The first-order chi connectivity index (χ1) is 12.9. The number of halogens is 2. The van der Waals surface area contributed by atoms with Gasteiger partial charge in [-0.3, -0.25) is 0 Å². The lowest BCUT2D eigenvalue weighted by atomic mass is 9.88. The normalized spacial score (nSPS) is 16.1. The largest absolute Gasteiger partial charge is 0.490 e. The second-order valence-electron chi connectivity index (χ2n) is 6.46. The quantitative estimate of drug-likeness (QED) is 0.520. The Morgan fingerprint density at radius 1 is 1.21 bits per heavy atom. The molecule has 0 radical (unpaired) electrons. The molecule has 0 spiro atoms. The van der Waals surface area contributed by atoms with Gasteiger partial charge in [0.2, 0.25) is 10.0 Å². The Morgan fingerprint density at radius 2 is 2.00 bits per heavy atom. The highest BCUT2D eigenvalue weighted by Crippen LogP contribution is 2.33. The molecule has 1 atom stereocenters. The first-order valence-electron chi connectivity index (χ1n) is 8.72. The minimum absolute atomic E-state index is 0. The summed E-state index contributed by atoms with van der Waals surface area (Å²) in [6, 6.07) is 8.53. The number of nitrogens with one attached hydrogen (secondary N) is 1. The Morgan fingerprint density at radius 3 is 2.75 bits per heavy atom. The minimum Gasteiger partial charge on any atom is -0.490 e. The topological polar surface area (TPSA) is 90.6 Å². The first-order valence-corrected chi connectivity index (χ1v) is 10.2. The summed E-state index contributed by atoms with van der Waals surface area (Å²) < 4.78 is 52.8. The van der Waals surface area contributed by atoms with Crippen molar-refractivity contribution in [1.29, 1.82) is 0 Å². The molecule has 28 heavy (non-hydrogen) atoms. The minimum atomic E-state index is -3.99. The molecule has 1 aliphatic rings. The fourth-order valence-electron chi connectivity index (χ4n) is 3.25. The second-order valence-corrected chi connectivity index (χ2v) is 8.14. The van der Waals surface area contributed by atoms with E-state index >= 15 is 0 Å². The molecule has 0 fully saturated rings. The molecular weight excluding hydrogens is 407 g/mol. The van der Waals surface area contributed by atoms with Crippen molar-refractivity contribution >= 4 is 28.1 Å². The average Bonchev–Trinajstić information content (AvgIpc) is 2.62. The highest BCUT2D eigenvalue weighted by atomic mass is 35.5. The van der Waals surface area contributed by atoms with E-state index in [2.05, 4.69) is 4.72 Å². The molecule has 3 rings (SSSR count). The Labute approximate surface area is 170 Å². The number of hydrogen-bond donors (Lipinski definition) is 2. The molecule has 0 aromatic heterocycles. The van der Waals surface area contributed by atoms with Crippen LogP contribution in [0.5, 0.6) is 5.75 Å². The standard InChI is InChI=1S/C19H23FN2O4S.ClH/c1-25-9-10-26-18-8-5-14(20)12-19(18)27(23,24)22-17-4-2-3-13-11-15(21)6-7-16(13)17;/h5-8,11-12,17,22H,2-4,9-10,21H2,1H3;1H. The smallest absolute Gasteiger partial charge is 0.244 e. The predicted octanol–water partition coefficient (Wildman–Crippen LogP) is 3.21. The predicted molar refractivity (Wildman–Crippen MR) is 108 cm³/mol. The summed E-state index contributed by atoms with van der Waals surface area (Å²) in [6.07, 6.45) is 2.35. The maximum absolute atomic E-state index is 13.7. The van der Waals surface area contributed by atoms with Crippen molar-refractivity contribution in [3.05, 3.63) is 53.3 Å². The van der Waals surface area contributed by atoms with Crippen LogP contribution >= 0.6 is 12.4 Å². The Bertz CT molecular complexity index is 924. The Balaban J connectivity index is 0.00000280. The molecule has 1 unspecified atom stereocenters. The SMILES string of the molecule is COCCOc1ccc(F)cc1S(=O)(=O)NC1CCCc2cc(N)ccc21.Cl. The van der Waals surface area contributed by atoms with Crippen LogP contribution in [0.25, 0.3) is 0 Å². The number of sulfonamides is 1. The van der Waals surface area contributed by atoms with Gasteiger partial charge in [-0.2, -0.15) is 0 Å². The van der Waals surface area contributed by atoms with Crippen LogP contribution in [0.3, 0.4) is 0 Å². The number of ether oxygens (including phenoxy) is 2. The number of methoxy groups -OCH3 is 1. The Hall–Kier alpha value is -1.87. The van der Waals surface area contributed by atoms with E-state index < -0.39 is 21.9 Å². The summed E-state index contributed by atoms with van der Waals surface area (Å²) in [6.45, 7) is 0.456. The van der Waals surface area contributed by atoms with E-state index in [0.717, 1.165) is 30.0 Å². The molecule has 9 heteroatoms. The molecule has 1 aliphatic carbocycles. The van der Waals surface area contributed by atoms with Crippen LogP contribution in [0.15, 0.2) is 41.3 Å². The summed E-state index contributed by atoms with van der Waals surface area (Å²) in [7, 11) is -2.48. The summed E-state index contributed by atoms with van der Waals surface area (Å²) in [5.41, 5.74) is 8.41. The third kappa shape index (κ3) is 5.14. The highest BCUT2D eigenvalue weighted by Gasteiger charge is 2.28. The third-order valence-corrected chi connectivity index (χ3v) is 6.01. The van der Waals surface area contributed by atoms with Crippen molar-refractivity contribution in [3.8, 4) is 5.75 Å². The van der Waals surface area contributed by atoms with Crippen LogP contribution in [-0.2, 0) is 21.2 Å². The van der Waals surface area contributed by atoms with E-state index in [1.54, 1.807) is 6.07 Å². The molecule has 0 heterocycles. The van der Waals surface area contributed by atoms with E-state index in [0.29, 0.717) is 18.7 Å². The number of benzene rings is 2. The maximum atomic E-state index is 13.7. The second kappa shape index (κ2) is 9.56. The summed E-state index contributed by atoms with van der Waals surface area (Å²) in [5, 5.41) is 0. The monoisotopic (exact) mass is 430 g/mol.